The van der Waals surface area contributed by atoms with E-state index in [1.165, 1.54) is 6.33 Å². The molecule has 0 aromatic carbocycles. The summed E-state index contributed by atoms with van der Waals surface area (Å²) in [5.74, 6) is 0.846. The van der Waals surface area contributed by atoms with Crippen molar-refractivity contribution in [1.82, 2.24) is 9.97 Å². The summed E-state index contributed by atoms with van der Waals surface area (Å²) in [5, 5.41) is 0. The Morgan fingerprint density at radius 3 is 2.73 bits per heavy atom. The van der Waals surface area contributed by atoms with Crippen LogP contribution in [-0.4, -0.2) is 43.5 Å². The fourth-order valence-corrected chi connectivity index (χ4v) is 0.882. The van der Waals surface area contributed by atoms with Gasteiger partial charge in [-0.15, -0.1) is 0 Å². The first-order chi connectivity index (χ1) is 7.33. The van der Waals surface area contributed by atoms with Gasteiger partial charge in [0.05, 0.1) is 19.8 Å². The number of hydrogen-bond donors (Lipinski definition) is 1. The van der Waals surface area contributed by atoms with Gasteiger partial charge in [0, 0.05) is 13.2 Å². The van der Waals surface area contributed by atoms with E-state index >= 15 is 0 Å². The van der Waals surface area contributed by atoms with Gasteiger partial charge in [0.25, 0.3) is 0 Å². The zero-order valence-electron chi connectivity index (χ0n) is 8.68. The van der Waals surface area contributed by atoms with Gasteiger partial charge in [0.2, 0.25) is 5.88 Å². The van der Waals surface area contributed by atoms with Crippen LogP contribution in [0, 0.1) is 0 Å². The number of anilines is 1. The normalized spacial score (nSPS) is 10.2. The molecular formula is C9H15N3O3. The Morgan fingerprint density at radius 2 is 2.00 bits per heavy atom. The molecule has 0 unspecified atom stereocenters. The molecule has 0 spiro atoms. The summed E-state index contributed by atoms with van der Waals surface area (Å²) in [4.78, 5) is 7.63. The van der Waals surface area contributed by atoms with Crippen LogP contribution in [0.2, 0.25) is 0 Å². The first kappa shape index (κ1) is 11.7. The molecule has 0 aliphatic carbocycles. The first-order valence-electron chi connectivity index (χ1n) is 4.60. The molecule has 0 radical (unpaired) electrons. The standard InChI is InChI=1S/C9H15N3O3/c1-13-2-3-14-4-5-15-9-6-8(10)11-7-12-9/h6-7H,2-5H2,1H3,(H2,10,11,12). The van der Waals surface area contributed by atoms with Crippen molar-refractivity contribution in [3.8, 4) is 5.88 Å². The summed E-state index contributed by atoms with van der Waals surface area (Å²) >= 11 is 0. The lowest BCUT2D eigenvalue weighted by atomic mass is 10.6. The van der Waals surface area contributed by atoms with Gasteiger partial charge in [-0.25, -0.2) is 9.97 Å². The number of rotatable bonds is 7. The average molecular weight is 213 g/mol. The zero-order valence-corrected chi connectivity index (χ0v) is 8.68. The molecule has 1 rings (SSSR count). The smallest absolute Gasteiger partial charge is 0.218 e. The van der Waals surface area contributed by atoms with E-state index < -0.39 is 0 Å². The molecular weight excluding hydrogens is 198 g/mol. The van der Waals surface area contributed by atoms with Crippen LogP contribution in [0.4, 0.5) is 5.82 Å². The number of aromatic nitrogens is 2. The number of nitrogens with two attached hydrogens (primary N) is 1. The summed E-state index contributed by atoms with van der Waals surface area (Å²) in [6.07, 6.45) is 1.36. The van der Waals surface area contributed by atoms with Crippen molar-refractivity contribution in [3.05, 3.63) is 12.4 Å². The van der Waals surface area contributed by atoms with Gasteiger partial charge in [0.15, 0.2) is 0 Å². The molecule has 0 aliphatic rings. The van der Waals surface area contributed by atoms with Crippen LogP contribution in [0.15, 0.2) is 12.4 Å². The Hall–Kier alpha value is -1.40. The largest absolute Gasteiger partial charge is 0.475 e. The highest BCUT2D eigenvalue weighted by molar-refractivity contribution is 5.30. The molecule has 15 heavy (non-hydrogen) atoms. The van der Waals surface area contributed by atoms with Gasteiger partial charge in [-0.2, -0.15) is 0 Å². The highest BCUT2D eigenvalue weighted by Crippen LogP contribution is 2.06. The van der Waals surface area contributed by atoms with Crippen LogP contribution in [0.5, 0.6) is 5.88 Å². The molecule has 1 aromatic rings. The van der Waals surface area contributed by atoms with Crippen molar-refractivity contribution in [3.63, 3.8) is 0 Å². The van der Waals surface area contributed by atoms with Gasteiger partial charge >= 0.3 is 0 Å². The average Bonchev–Trinajstić information content (AvgIpc) is 2.23. The number of nitrogen functional groups attached to an aromatic ring is 1. The maximum absolute atomic E-state index is 5.45. The van der Waals surface area contributed by atoms with Crippen LogP contribution in [0.1, 0.15) is 0 Å². The van der Waals surface area contributed by atoms with Gasteiger partial charge in [-0.1, -0.05) is 0 Å². The second kappa shape index (κ2) is 6.97. The molecule has 0 aliphatic heterocycles. The minimum Gasteiger partial charge on any atom is -0.475 e. The summed E-state index contributed by atoms with van der Waals surface area (Å²) in [7, 11) is 1.63. The SMILES string of the molecule is COCCOCCOc1cc(N)ncn1. The van der Waals surface area contributed by atoms with Crippen molar-refractivity contribution in [2.45, 2.75) is 0 Å². The molecule has 0 saturated heterocycles. The van der Waals surface area contributed by atoms with E-state index in [4.69, 9.17) is 19.9 Å². The van der Waals surface area contributed by atoms with E-state index in [9.17, 15) is 0 Å². The molecule has 0 bridgehead atoms. The van der Waals surface area contributed by atoms with E-state index in [-0.39, 0.29) is 0 Å². The van der Waals surface area contributed by atoms with Crippen LogP contribution >= 0.6 is 0 Å². The van der Waals surface area contributed by atoms with Gasteiger partial charge in [0.1, 0.15) is 18.8 Å². The van der Waals surface area contributed by atoms with Crippen molar-refractivity contribution in [2.24, 2.45) is 0 Å². The third-order valence-corrected chi connectivity index (χ3v) is 1.57. The molecule has 1 heterocycles. The molecule has 6 nitrogen and oxygen atoms in total. The Bertz CT molecular complexity index is 283. The predicted octanol–water partition coefficient (Wildman–Crippen LogP) is 0.101. The van der Waals surface area contributed by atoms with E-state index in [0.29, 0.717) is 38.1 Å². The minimum atomic E-state index is 0.389. The summed E-state index contributed by atoms with van der Waals surface area (Å²) < 4.78 is 15.3. The second-order valence-corrected chi connectivity index (χ2v) is 2.73. The number of ether oxygens (including phenoxy) is 3. The first-order valence-corrected chi connectivity index (χ1v) is 4.60. The molecule has 6 heteroatoms. The molecule has 84 valence electrons. The van der Waals surface area contributed by atoms with Crippen LogP contribution in [-0.2, 0) is 9.47 Å². The molecule has 0 fully saturated rings. The van der Waals surface area contributed by atoms with Crippen LogP contribution < -0.4 is 10.5 Å². The van der Waals surface area contributed by atoms with E-state index in [1.54, 1.807) is 13.2 Å². The van der Waals surface area contributed by atoms with Crippen molar-refractivity contribution in [1.29, 1.82) is 0 Å². The second-order valence-electron chi connectivity index (χ2n) is 2.73. The lowest BCUT2D eigenvalue weighted by Crippen LogP contribution is -2.10. The molecule has 0 atom stereocenters. The van der Waals surface area contributed by atoms with Crippen molar-refractivity contribution < 1.29 is 14.2 Å². The van der Waals surface area contributed by atoms with E-state index in [2.05, 4.69) is 9.97 Å². The Kier molecular flexibility index (Phi) is 5.42. The topological polar surface area (TPSA) is 79.5 Å². The molecule has 0 saturated carbocycles. The highest BCUT2D eigenvalue weighted by Gasteiger charge is 1.96. The highest BCUT2D eigenvalue weighted by atomic mass is 16.5. The van der Waals surface area contributed by atoms with E-state index in [1.807, 2.05) is 0 Å². The number of hydrogen-bond acceptors (Lipinski definition) is 6. The van der Waals surface area contributed by atoms with E-state index in [0.717, 1.165) is 0 Å². The monoisotopic (exact) mass is 213 g/mol. The quantitative estimate of drug-likeness (QED) is 0.647. The summed E-state index contributed by atoms with van der Waals surface area (Å²) in [6, 6.07) is 1.56. The third-order valence-electron chi connectivity index (χ3n) is 1.57. The van der Waals surface area contributed by atoms with Gasteiger partial charge in [-0.05, 0) is 0 Å². The fraction of sp³-hybridized carbons (Fsp3) is 0.556. The van der Waals surface area contributed by atoms with Gasteiger partial charge < -0.3 is 19.9 Å². The zero-order chi connectivity index (χ0) is 10.9. The van der Waals surface area contributed by atoms with Crippen molar-refractivity contribution in [2.75, 3.05) is 39.3 Å². The number of nitrogens with zero attached hydrogens (tertiary/aromatic N) is 2. The van der Waals surface area contributed by atoms with Crippen LogP contribution in [0.25, 0.3) is 0 Å². The fourth-order valence-electron chi connectivity index (χ4n) is 0.882. The Balaban J connectivity index is 2.10. The molecule has 0 amide bonds. The Morgan fingerprint density at radius 1 is 1.20 bits per heavy atom. The maximum atomic E-state index is 5.45. The minimum absolute atomic E-state index is 0.389. The number of methoxy groups -OCH3 is 1. The summed E-state index contributed by atoms with van der Waals surface area (Å²) in [6.45, 7) is 2.07. The molecule has 1 aromatic heterocycles. The van der Waals surface area contributed by atoms with Crippen molar-refractivity contribution >= 4 is 5.82 Å². The Labute approximate surface area is 88.4 Å². The summed E-state index contributed by atoms with van der Waals surface area (Å²) in [5.41, 5.74) is 5.45. The predicted molar refractivity (Wildman–Crippen MR) is 54.6 cm³/mol. The van der Waals surface area contributed by atoms with Crippen LogP contribution in [0.3, 0.4) is 0 Å². The maximum Gasteiger partial charge on any atom is 0.218 e. The molecule has 2 N–H and O–H groups in total. The lowest BCUT2D eigenvalue weighted by Gasteiger charge is -2.05. The lowest BCUT2D eigenvalue weighted by molar-refractivity contribution is 0.0537. The van der Waals surface area contributed by atoms with Gasteiger partial charge in [-0.3, -0.25) is 0 Å². The third kappa shape index (κ3) is 5.14.